The number of furan rings is 1. The highest BCUT2D eigenvalue weighted by molar-refractivity contribution is 6.04. The molecular weight excluding hydrogens is 424 g/mol. The monoisotopic (exact) mass is 446 g/mol. The molecule has 0 aliphatic carbocycles. The van der Waals surface area contributed by atoms with Crippen LogP contribution in [0.25, 0.3) is 5.70 Å². The van der Waals surface area contributed by atoms with E-state index in [-0.39, 0.29) is 23.2 Å². The molecule has 8 heteroatoms. The minimum Gasteiger partial charge on any atom is -0.459 e. The molecule has 1 aromatic heterocycles. The second-order valence-electron chi connectivity index (χ2n) is 7.58. The molecular formula is C25H22N2O6. The van der Waals surface area contributed by atoms with E-state index in [1.165, 1.54) is 12.3 Å². The average Bonchev–Trinajstić information content (AvgIpc) is 3.34. The van der Waals surface area contributed by atoms with Crippen molar-refractivity contribution in [2.24, 2.45) is 0 Å². The number of hydrogen-bond acceptors (Lipinski definition) is 6. The van der Waals surface area contributed by atoms with Gasteiger partial charge in [-0.1, -0.05) is 42.5 Å². The Bertz CT molecular complexity index is 1200. The number of ether oxygens (including phenoxy) is 2. The van der Waals surface area contributed by atoms with E-state index in [0.29, 0.717) is 16.8 Å². The van der Waals surface area contributed by atoms with E-state index in [4.69, 9.17) is 13.9 Å². The zero-order valence-electron chi connectivity index (χ0n) is 18.0. The maximum Gasteiger partial charge on any atom is 0.379 e. The molecule has 1 aliphatic heterocycles. The van der Waals surface area contributed by atoms with Crippen LogP contribution in [0.2, 0.25) is 0 Å². The van der Waals surface area contributed by atoms with E-state index in [1.807, 2.05) is 18.2 Å². The van der Waals surface area contributed by atoms with Crippen molar-refractivity contribution in [3.05, 3.63) is 95.5 Å². The molecule has 0 spiro atoms. The molecule has 8 nitrogen and oxygen atoms in total. The lowest BCUT2D eigenvalue weighted by atomic mass is 9.92. The molecule has 0 saturated heterocycles. The Balaban J connectivity index is 1.75. The molecule has 0 saturated carbocycles. The minimum atomic E-state index is -0.831. The predicted molar refractivity (Wildman–Crippen MR) is 119 cm³/mol. The second-order valence-corrected chi connectivity index (χ2v) is 7.58. The number of urea groups is 1. The maximum absolute atomic E-state index is 13.1. The summed E-state index contributed by atoms with van der Waals surface area (Å²) in [5.41, 5.74) is 1.80. The van der Waals surface area contributed by atoms with Crippen LogP contribution in [0.3, 0.4) is 0 Å². The lowest BCUT2D eigenvalue weighted by molar-refractivity contribution is -0.143. The van der Waals surface area contributed by atoms with Crippen molar-refractivity contribution in [1.82, 2.24) is 10.6 Å². The lowest BCUT2D eigenvalue weighted by Crippen LogP contribution is -2.45. The number of amides is 2. The van der Waals surface area contributed by atoms with Crippen molar-refractivity contribution in [1.29, 1.82) is 0 Å². The van der Waals surface area contributed by atoms with E-state index in [1.54, 1.807) is 56.3 Å². The van der Waals surface area contributed by atoms with Crippen LogP contribution in [0.1, 0.15) is 41.6 Å². The van der Waals surface area contributed by atoms with E-state index in [2.05, 4.69) is 10.6 Å². The molecule has 0 bridgehead atoms. The number of rotatable bonds is 6. The van der Waals surface area contributed by atoms with Crippen molar-refractivity contribution < 1.29 is 28.3 Å². The summed E-state index contributed by atoms with van der Waals surface area (Å²) < 4.78 is 16.0. The van der Waals surface area contributed by atoms with Gasteiger partial charge < -0.3 is 24.5 Å². The van der Waals surface area contributed by atoms with Gasteiger partial charge in [-0.3, -0.25) is 0 Å². The predicted octanol–water partition coefficient (Wildman–Crippen LogP) is 4.22. The summed E-state index contributed by atoms with van der Waals surface area (Å²) in [7, 11) is 0. The van der Waals surface area contributed by atoms with Crippen LogP contribution in [-0.4, -0.2) is 24.1 Å². The molecule has 1 aliphatic rings. The van der Waals surface area contributed by atoms with E-state index < -0.39 is 24.0 Å². The minimum absolute atomic E-state index is 0.0584. The standard InChI is InChI=1S/C25H22N2O6/c1-15(2)32-24(29)20-21(16-8-4-3-5-9-16)26-25(30)27-22(20)17-10-6-11-18(14-17)33-23(28)19-12-7-13-31-19/h3-15,22H,1-2H3,(H2,26,27,30). The van der Waals surface area contributed by atoms with Gasteiger partial charge in [-0.25, -0.2) is 14.4 Å². The fourth-order valence-corrected chi connectivity index (χ4v) is 3.45. The molecule has 2 heterocycles. The maximum atomic E-state index is 13.1. The number of carbonyl (C=O) groups excluding carboxylic acids is 3. The van der Waals surface area contributed by atoms with E-state index in [0.717, 1.165) is 0 Å². The van der Waals surface area contributed by atoms with Crippen LogP contribution in [0, 0.1) is 0 Å². The number of esters is 2. The molecule has 0 fully saturated rings. The first-order chi connectivity index (χ1) is 15.9. The van der Waals surface area contributed by atoms with E-state index >= 15 is 0 Å². The van der Waals surface area contributed by atoms with E-state index in [9.17, 15) is 14.4 Å². The van der Waals surface area contributed by atoms with Crippen molar-refractivity contribution in [2.75, 3.05) is 0 Å². The largest absolute Gasteiger partial charge is 0.459 e. The number of hydrogen-bond donors (Lipinski definition) is 2. The Labute approximate surface area is 190 Å². The quantitative estimate of drug-likeness (QED) is 0.434. The summed E-state index contributed by atoms with van der Waals surface area (Å²) in [6, 6.07) is 17.4. The Kier molecular flexibility index (Phi) is 6.26. The second kappa shape index (κ2) is 9.44. The molecule has 2 N–H and O–H groups in total. The molecule has 1 unspecified atom stereocenters. The zero-order chi connectivity index (χ0) is 23.4. The molecule has 4 rings (SSSR count). The Morgan fingerprint density at radius 2 is 1.76 bits per heavy atom. The molecule has 3 aromatic rings. The van der Waals surface area contributed by atoms with Gasteiger partial charge in [0.2, 0.25) is 5.76 Å². The highest BCUT2D eigenvalue weighted by Gasteiger charge is 2.35. The van der Waals surface area contributed by atoms with Crippen LogP contribution in [0.4, 0.5) is 4.79 Å². The fraction of sp³-hybridized carbons (Fsp3) is 0.160. The summed E-state index contributed by atoms with van der Waals surface area (Å²) in [6.07, 6.45) is 1.01. The topological polar surface area (TPSA) is 107 Å². The normalized spacial score (nSPS) is 15.6. The zero-order valence-corrected chi connectivity index (χ0v) is 18.0. The first kappa shape index (κ1) is 21.9. The first-order valence-electron chi connectivity index (χ1n) is 10.4. The van der Waals surface area contributed by atoms with Gasteiger partial charge in [0, 0.05) is 0 Å². The van der Waals surface area contributed by atoms with Gasteiger partial charge in [-0.15, -0.1) is 0 Å². The van der Waals surface area contributed by atoms with Crippen LogP contribution in [-0.2, 0) is 9.53 Å². The van der Waals surface area contributed by atoms with Gasteiger partial charge in [-0.2, -0.15) is 0 Å². The van der Waals surface area contributed by atoms with Crippen molar-refractivity contribution in [2.45, 2.75) is 26.0 Å². The van der Waals surface area contributed by atoms with Crippen LogP contribution >= 0.6 is 0 Å². The molecule has 33 heavy (non-hydrogen) atoms. The van der Waals surface area contributed by atoms with Crippen LogP contribution < -0.4 is 15.4 Å². The number of carbonyl (C=O) groups is 3. The SMILES string of the molecule is CC(C)OC(=O)C1=C(c2ccccc2)NC(=O)NC1c1cccc(OC(=O)c2ccco2)c1. The summed E-state index contributed by atoms with van der Waals surface area (Å²) in [5, 5.41) is 5.51. The Morgan fingerprint density at radius 1 is 0.970 bits per heavy atom. The first-order valence-corrected chi connectivity index (χ1v) is 10.4. The van der Waals surface area contributed by atoms with Gasteiger partial charge in [-0.05, 0) is 49.2 Å². The summed E-state index contributed by atoms with van der Waals surface area (Å²) >= 11 is 0. The highest BCUT2D eigenvalue weighted by Crippen LogP contribution is 2.33. The van der Waals surface area contributed by atoms with Crippen molar-refractivity contribution >= 4 is 23.7 Å². The summed E-state index contributed by atoms with van der Waals surface area (Å²) in [4.78, 5) is 37.9. The van der Waals surface area contributed by atoms with Gasteiger partial charge in [0.1, 0.15) is 5.75 Å². The highest BCUT2D eigenvalue weighted by atomic mass is 16.5. The van der Waals surface area contributed by atoms with Crippen molar-refractivity contribution in [3.63, 3.8) is 0 Å². The Hall–Kier alpha value is -4.33. The number of nitrogens with one attached hydrogen (secondary N) is 2. The van der Waals surface area contributed by atoms with Gasteiger partial charge in [0.25, 0.3) is 0 Å². The third-order valence-corrected chi connectivity index (χ3v) is 4.82. The average molecular weight is 446 g/mol. The van der Waals surface area contributed by atoms with Crippen LogP contribution in [0.15, 0.2) is 83.0 Å². The van der Waals surface area contributed by atoms with Crippen molar-refractivity contribution in [3.8, 4) is 5.75 Å². The molecule has 2 aromatic carbocycles. The van der Waals surface area contributed by atoms with Gasteiger partial charge in [0.15, 0.2) is 0 Å². The van der Waals surface area contributed by atoms with Gasteiger partial charge in [0.05, 0.1) is 29.7 Å². The number of benzene rings is 2. The van der Waals surface area contributed by atoms with Gasteiger partial charge >= 0.3 is 18.0 Å². The van der Waals surface area contributed by atoms with Crippen LogP contribution in [0.5, 0.6) is 5.75 Å². The lowest BCUT2D eigenvalue weighted by Gasteiger charge is -2.30. The molecule has 2 amide bonds. The smallest absolute Gasteiger partial charge is 0.379 e. The molecule has 0 radical (unpaired) electrons. The fourth-order valence-electron chi connectivity index (χ4n) is 3.45. The Morgan fingerprint density at radius 3 is 2.45 bits per heavy atom. The third kappa shape index (κ3) is 4.95. The molecule has 1 atom stereocenters. The summed E-state index contributed by atoms with van der Waals surface area (Å²) in [6.45, 7) is 3.50. The third-order valence-electron chi connectivity index (χ3n) is 4.82. The molecule has 168 valence electrons. The summed E-state index contributed by atoms with van der Waals surface area (Å²) in [5.74, 6) is -0.937.